The van der Waals surface area contributed by atoms with Crippen molar-refractivity contribution in [3.05, 3.63) is 32.8 Å². The van der Waals surface area contributed by atoms with Crippen LogP contribution < -0.4 is 4.90 Å². The summed E-state index contributed by atoms with van der Waals surface area (Å²) in [4.78, 5) is 25.7. The third kappa shape index (κ3) is 4.35. The van der Waals surface area contributed by atoms with Crippen molar-refractivity contribution in [2.45, 2.75) is 32.6 Å². The average Bonchev–Trinajstić information content (AvgIpc) is 2.44. The number of benzene rings is 1. The van der Waals surface area contributed by atoms with Gasteiger partial charge in [-0.15, -0.1) is 0 Å². The van der Waals surface area contributed by atoms with Gasteiger partial charge in [0.05, 0.1) is 11.5 Å². The van der Waals surface area contributed by atoms with Gasteiger partial charge < -0.3 is 19.6 Å². The minimum Gasteiger partial charge on any atom is -0.444 e. The zero-order valence-electron chi connectivity index (χ0n) is 13.7. The molecule has 2 rings (SSSR count). The molecule has 9 heteroatoms. The summed E-state index contributed by atoms with van der Waals surface area (Å²) in [5.74, 6) is 0. The lowest BCUT2D eigenvalue weighted by atomic mass is 10.2. The number of ether oxygens (including phenoxy) is 1. The number of hydrogen-bond acceptors (Lipinski definition) is 6. The maximum absolute atomic E-state index is 12.1. The predicted octanol–water partition coefficient (Wildman–Crippen LogP) is 2.73. The molecule has 0 spiro atoms. The summed E-state index contributed by atoms with van der Waals surface area (Å²) in [5.41, 5.74) is -0.406. The van der Waals surface area contributed by atoms with Crippen molar-refractivity contribution in [1.29, 1.82) is 0 Å². The second-order valence-corrected chi connectivity index (χ2v) is 7.41. The van der Waals surface area contributed by atoms with Crippen molar-refractivity contribution in [1.82, 2.24) is 4.90 Å². The van der Waals surface area contributed by atoms with Gasteiger partial charge in [-0.05, 0) is 32.9 Å². The quantitative estimate of drug-likeness (QED) is 0.604. The molecule has 1 fully saturated rings. The van der Waals surface area contributed by atoms with E-state index in [9.17, 15) is 20.0 Å². The Kier molecular flexibility index (Phi) is 5.34. The highest BCUT2D eigenvalue weighted by Crippen LogP contribution is 2.33. The van der Waals surface area contributed by atoms with Gasteiger partial charge in [-0.1, -0.05) is 15.9 Å². The van der Waals surface area contributed by atoms with Gasteiger partial charge in [0.15, 0.2) is 0 Å². The number of nitro groups is 1. The van der Waals surface area contributed by atoms with E-state index in [4.69, 9.17) is 4.74 Å². The summed E-state index contributed by atoms with van der Waals surface area (Å²) < 4.78 is 5.96. The Labute approximate surface area is 148 Å². The molecule has 1 aromatic carbocycles. The molecule has 1 unspecified atom stereocenters. The number of carbonyl (C=O) groups is 1. The first-order valence-corrected chi connectivity index (χ1v) is 8.24. The molecule has 0 saturated carbocycles. The van der Waals surface area contributed by atoms with E-state index in [1.165, 1.54) is 15.9 Å². The van der Waals surface area contributed by atoms with Crippen molar-refractivity contribution in [2.75, 3.05) is 24.5 Å². The predicted molar refractivity (Wildman–Crippen MR) is 92.0 cm³/mol. The first kappa shape index (κ1) is 18.5. The molecular formula is C15H20BrN3O5. The third-order valence-electron chi connectivity index (χ3n) is 3.45. The van der Waals surface area contributed by atoms with E-state index in [-0.39, 0.29) is 18.8 Å². The molecule has 8 nitrogen and oxygen atoms in total. The van der Waals surface area contributed by atoms with E-state index in [2.05, 4.69) is 15.9 Å². The van der Waals surface area contributed by atoms with E-state index in [0.29, 0.717) is 16.7 Å². The zero-order chi connectivity index (χ0) is 18.1. The number of aliphatic hydroxyl groups is 1. The van der Waals surface area contributed by atoms with Gasteiger partial charge in [-0.2, -0.15) is 0 Å². The fraction of sp³-hybridized carbons (Fsp3) is 0.533. The van der Waals surface area contributed by atoms with Crippen LogP contribution >= 0.6 is 15.9 Å². The number of rotatable bonds is 2. The van der Waals surface area contributed by atoms with Gasteiger partial charge >= 0.3 is 6.09 Å². The van der Waals surface area contributed by atoms with Crippen molar-refractivity contribution in [2.24, 2.45) is 0 Å². The largest absolute Gasteiger partial charge is 0.444 e. The summed E-state index contributed by atoms with van der Waals surface area (Å²) >= 11 is 3.28. The van der Waals surface area contributed by atoms with Crippen LogP contribution in [0.2, 0.25) is 0 Å². The molecule has 0 aliphatic carbocycles. The van der Waals surface area contributed by atoms with Crippen LogP contribution in [-0.4, -0.2) is 52.5 Å². The molecule has 1 aliphatic rings. The average molecular weight is 402 g/mol. The molecule has 1 amide bonds. The van der Waals surface area contributed by atoms with Crippen LogP contribution in [0.15, 0.2) is 22.7 Å². The number of piperazine rings is 1. The molecular weight excluding hydrogens is 382 g/mol. The fourth-order valence-corrected chi connectivity index (χ4v) is 2.77. The number of β-amino-alcohol motifs (C(OH)–C–C–N with tert-alkyl or cyclic N) is 1. The minimum absolute atomic E-state index is 0.0125. The molecule has 0 aromatic heterocycles. The highest BCUT2D eigenvalue weighted by Gasteiger charge is 2.33. The molecule has 1 saturated heterocycles. The first-order valence-electron chi connectivity index (χ1n) is 7.45. The summed E-state index contributed by atoms with van der Waals surface area (Å²) in [6.45, 7) is 5.87. The molecule has 1 heterocycles. The number of nitrogens with zero attached hydrogens (tertiary/aromatic N) is 3. The summed E-state index contributed by atoms with van der Waals surface area (Å²) in [5, 5.41) is 21.6. The minimum atomic E-state index is -1.06. The molecule has 0 bridgehead atoms. The maximum atomic E-state index is 12.1. The molecule has 24 heavy (non-hydrogen) atoms. The standard InChI is InChI=1S/C15H20BrN3O5/c1-15(2,3)24-14(21)17-6-7-18(13(20)9-17)12-8-10(16)4-5-11(12)19(22)23/h4-5,8,13,20H,6-7,9H2,1-3H3. The number of carbonyl (C=O) groups excluding carboxylic acids is 1. The number of nitro benzene ring substituents is 1. The highest BCUT2D eigenvalue weighted by atomic mass is 79.9. The van der Waals surface area contributed by atoms with Gasteiger partial charge in [0.25, 0.3) is 5.69 Å². The van der Waals surface area contributed by atoms with Crippen molar-refractivity contribution in [3.63, 3.8) is 0 Å². The van der Waals surface area contributed by atoms with Crippen LogP contribution in [0.25, 0.3) is 0 Å². The number of amides is 1. The number of anilines is 1. The van der Waals surface area contributed by atoms with Crippen LogP contribution in [0.5, 0.6) is 0 Å². The Balaban J connectivity index is 2.16. The monoisotopic (exact) mass is 401 g/mol. The molecule has 0 radical (unpaired) electrons. The van der Waals surface area contributed by atoms with Gasteiger partial charge in [0.2, 0.25) is 0 Å². The SMILES string of the molecule is CC(C)(C)OC(=O)N1CCN(c2cc(Br)ccc2[N+](=O)[O-])C(O)C1. The van der Waals surface area contributed by atoms with Crippen LogP contribution in [0, 0.1) is 10.1 Å². The lowest BCUT2D eigenvalue weighted by Crippen LogP contribution is -2.55. The number of halogens is 1. The Morgan fingerprint density at radius 1 is 1.42 bits per heavy atom. The summed E-state index contributed by atoms with van der Waals surface area (Å²) in [6.07, 6.45) is -1.57. The maximum Gasteiger partial charge on any atom is 0.410 e. The van der Waals surface area contributed by atoms with Gasteiger partial charge in [-0.25, -0.2) is 4.79 Å². The van der Waals surface area contributed by atoms with E-state index < -0.39 is 22.8 Å². The van der Waals surface area contributed by atoms with Gasteiger partial charge in [0.1, 0.15) is 17.5 Å². The van der Waals surface area contributed by atoms with E-state index in [1.807, 2.05) is 0 Å². The Morgan fingerprint density at radius 3 is 2.62 bits per heavy atom. The fourth-order valence-electron chi connectivity index (χ4n) is 2.42. The summed E-state index contributed by atoms with van der Waals surface area (Å²) in [7, 11) is 0. The smallest absolute Gasteiger partial charge is 0.410 e. The topological polar surface area (TPSA) is 96.2 Å². The Bertz CT molecular complexity index is 646. The van der Waals surface area contributed by atoms with Gasteiger partial charge in [-0.3, -0.25) is 10.1 Å². The third-order valence-corrected chi connectivity index (χ3v) is 3.94. The van der Waals surface area contributed by atoms with Crippen LogP contribution in [0.3, 0.4) is 0 Å². The lowest BCUT2D eigenvalue weighted by molar-refractivity contribution is -0.384. The Morgan fingerprint density at radius 2 is 2.08 bits per heavy atom. The van der Waals surface area contributed by atoms with E-state index >= 15 is 0 Å². The van der Waals surface area contributed by atoms with E-state index in [1.54, 1.807) is 32.9 Å². The molecule has 1 atom stereocenters. The highest BCUT2D eigenvalue weighted by molar-refractivity contribution is 9.10. The lowest BCUT2D eigenvalue weighted by Gasteiger charge is -2.40. The van der Waals surface area contributed by atoms with E-state index in [0.717, 1.165) is 0 Å². The first-order chi connectivity index (χ1) is 11.1. The van der Waals surface area contributed by atoms with Gasteiger partial charge in [0, 0.05) is 23.6 Å². The summed E-state index contributed by atoms with van der Waals surface area (Å²) in [6, 6.07) is 4.54. The second kappa shape index (κ2) is 6.94. The molecule has 1 aromatic rings. The number of aliphatic hydroxyl groups excluding tert-OH is 1. The van der Waals surface area contributed by atoms with Crippen molar-refractivity contribution in [3.8, 4) is 0 Å². The van der Waals surface area contributed by atoms with Crippen molar-refractivity contribution < 1.29 is 19.6 Å². The van der Waals surface area contributed by atoms with Crippen LogP contribution in [0.4, 0.5) is 16.2 Å². The molecule has 132 valence electrons. The van der Waals surface area contributed by atoms with Crippen LogP contribution in [0.1, 0.15) is 20.8 Å². The normalized spacial score (nSPS) is 18.5. The zero-order valence-corrected chi connectivity index (χ0v) is 15.3. The number of hydrogen-bond donors (Lipinski definition) is 1. The van der Waals surface area contributed by atoms with Crippen molar-refractivity contribution >= 4 is 33.4 Å². The van der Waals surface area contributed by atoms with Crippen LogP contribution in [-0.2, 0) is 4.74 Å². The second-order valence-electron chi connectivity index (χ2n) is 6.49. The molecule has 1 aliphatic heterocycles. The Hall–Kier alpha value is -1.87. The molecule has 1 N–H and O–H groups in total.